The molecule has 2 heteroatoms. The first-order valence-electron chi connectivity index (χ1n) is 6.14. The van der Waals surface area contributed by atoms with E-state index in [1.807, 2.05) is 12.1 Å². The van der Waals surface area contributed by atoms with Gasteiger partial charge in [-0.25, -0.2) is 0 Å². The Kier molecular flexibility index (Phi) is 4.32. The van der Waals surface area contributed by atoms with Crippen LogP contribution in [0, 0.1) is 6.92 Å². The van der Waals surface area contributed by atoms with E-state index in [1.54, 1.807) is 18.9 Å². The average molecular weight is 258 g/mol. The van der Waals surface area contributed by atoms with E-state index in [0.29, 0.717) is 0 Å². The molecule has 0 aliphatic carbocycles. The predicted molar refractivity (Wildman–Crippen MR) is 77.7 cm³/mol. The molecule has 0 saturated heterocycles. The van der Waals surface area contributed by atoms with E-state index >= 15 is 0 Å². The van der Waals surface area contributed by atoms with Crippen molar-refractivity contribution in [2.24, 2.45) is 0 Å². The zero-order valence-electron chi connectivity index (χ0n) is 11.1. The fourth-order valence-corrected chi connectivity index (χ4v) is 2.70. The monoisotopic (exact) mass is 258 g/mol. The van der Waals surface area contributed by atoms with Crippen LogP contribution in [0.15, 0.2) is 52.3 Å². The molecule has 0 heterocycles. The third kappa shape index (κ3) is 3.08. The topological polar surface area (TPSA) is 9.23 Å². The zero-order chi connectivity index (χ0) is 13.0. The van der Waals surface area contributed by atoms with Gasteiger partial charge in [0.15, 0.2) is 0 Å². The lowest BCUT2D eigenvalue weighted by atomic mass is 10.1. The fourth-order valence-electron chi connectivity index (χ4n) is 1.82. The second-order valence-electron chi connectivity index (χ2n) is 4.23. The van der Waals surface area contributed by atoms with Crippen molar-refractivity contribution in [3.63, 3.8) is 0 Å². The van der Waals surface area contributed by atoms with Crippen LogP contribution in [-0.2, 0) is 6.42 Å². The Morgan fingerprint density at radius 3 is 2.33 bits per heavy atom. The highest BCUT2D eigenvalue weighted by Crippen LogP contribution is 2.31. The number of hydrogen-bond acceptors (Lipinski definition) is 2. The summed E-state index contributed by atoms with van der Waals surface area (Å²) < 4.78 is 5.16. The van der Waals surface area contributed by atoms with Gasteiger partial charge < -0.3 is 4.74 Å². The molecule has 0 N–H and O–H groups in total. The predicted octanol–water partition coefficient (Wildman–Crippen LogP) is 4.72. The van der Waals surface area contributed by atoms with Gasteiger partial charge in [-0.15, -0.1) is 0 Å². The highest BCUT2D eigenvalue weighted by Gasteiger charge is 2.02. The Bertz CT molecular complexity index is 517. The van der Waals surface area contributed by atoms with E-state index in [0.717, 1.165) is 12.2 Å². The highest BCUT2D eigenvalue weighted by molar-refractivity contribution is 7.99. The van der Waals surface area contributed by atoms with Gasteiger partial charge in [-0.2, -0.15) is 0 Å². The van der Waals surface area contributed by atoms with Crippen molar-refractivity contribution in [2.45, 2.75) is 30.1 Å². The molecule has 0 saturated carbocycles. The first kappa shape index (κ1) is 13.0. The smallest absolute Gasteiger partial charge is 0.118 e. The van der Waals surface area contributed by atoms with Gasteiger partial charge in [0, 0.05) is 9.79 Å². The Labute approximate surface area is 113 Å². The molecule has 94 valence electrons. The van der Waals surface area contributed by atoms with Crippen LogP contribution in [0.4, 0.5) is 0 Å². The minimum absolute atomic E-state index is 0.900. The number of hydrogen-bond donors (Lipinski definition) is 0. The number of ether oxygens (including phenoxy) is 1. The van der Waals surface area contributed by atoms with Gasteiger partial charge in [0.05, 0.1) is 7.11 Å². The van der Waals surface area contributed by atoms with Crippen LogP contribution in [0.3, 0.4) is 0 Å². The molecule has 0 aliphatic heterocycles. The summed E-state index contributed by atoms with van der Waals surface area (Å²) in [6, 6.07) is 14.9. The van der Waals surface area contributed by atoms with Gasteiger partial charge in [0.25, 0.3) is 0 Å². The maximum absolute atomic E-state index is 5.16. The molecule has 2 aromatic carbocycles. The zero-order valence-corrected chi connectivity index (χ0v) is 11.9. The summed E-state index contributed by atoms with van der Waals surface area (Å²) in [5.74, 6) is 0.900. The molecule has 0 bridgehead atoms. The highest BCUT2D eigenvalue weighted by atomic mass is 32.2. The molecule has 0 aromatic heterocycles. The first-order chi connectivity index (χ1) is 8.72. The molecule has 1 nitrogen and oxygen atoms in total. The minimum atomic E-state index is 0.900. The Hall–Kier alpha value is -1.41. The van der Waals surface area contributed by atoms with E-state index in [-0.39, 0.29) is 0 Å². The summed E-state index contributed by atoms with van der Waals surface area (Å²) in [7, 11) is 1.69. The van der Waals surface area contributed by atoms with E-state index in [9.17, 15) is 0 Å². The van der Waals surface area contributed by atoms with Gasteiger partial charge in [0.2, 0.25) is 0 Å². The van der Waals surface area contributed by atoms with Crippen molar-refractivity contribution in [3.8, 4) is 5.75 Å². The molecular formula is C16H18OS. The van der Waals surface area contributed by atoms with Gasteiger partial charge in [0.1, 0.15) is 5.75 Å². The van der Waals surface area contributed by atoms with Crippen molar-refractivity contribution < 1.29 is 4.74 Å². The average Bonchev–Trinajstić information content (AvgIpc) is 2.42. The van der Waals surface area contributed by atoms with Gasteiger partial charge in [-0.1, -0.05) is 30.8 Å². The molecular weight excluding hydrogens is 240 g/mol. The summed E-state index contributed by atoms with van der Waals surface area (Å²) in [6.45, 7) is 4.36. The van der Waals surface area contributed by atoms with Crippen molar-refractivity contribution >= 4 is 11.8 Å². The Morgan fingerprint density at radius 1 is 1.06 bits per heavy atom. The van der Waals surface area contributed by atoms with Crippen molar-refractivity contribution in [3.05, 3.63) is 53.6 Å². The molecule has 0 spiro atoms. The van der Waals surface area contributed by atoms with Crippen LogP contribution in [0.25, 0.3) is 0 Å². The fraction of sp³-hybridized carbons (Fsp3) is 0.250. The third-order valence-electron chi connectivity index (χ3n) is 2.93. The molecule has 0 fully saturated rings. The molecule has 18 heavy (non-hydrogen) atoms. The quantitative estimate of drug-likeness (QED) is 0.785. The Balaban J connectivity index is 2.17. The molecule has 0 amide bonds. The van der Waals surface area contributed by atoms with Crippen LogP contribution < -0.4 is 4.74 Å². The minimum Gasteiger partial charge on any atom is -0.497 e. The van der Waals surface area contributed by atoms with Crippen molar-refractivity contribution in [1.29, 1.82) is 0 Å². The van der Waals surface area contributed by atoms with Crippen LogP contribution in [-0.4, -0.2) is 7.11 Å². The lowest BCUT2D eigenvalue weighted by molar-refractivity contribution is 0.414. The van der Waals surface area contributed by atoms with Gasteiger partial charge in [-0.3, -0.25) is 0 Å². The van der Waals surface area contributed by atoms with Gasteiger partial charge in [-0.05, 0) is 54.8 Å². The van der Waals surface area contributed by atoms with Crippen LogP contribution in [0.5, 0.6) is 5.75 Å². The molecule has 0 radical (unpaired) electrons. The van der Waals surface area contributed by atoms with E-state index in [1.165, 1.54) is 20.9 Å². The summed E-state index contributed by atoms with van der Waals surface area (Å²) >= 11 is 1.80. The number of benzene rings is 2. The summed E-state index contributed by atoms with van der Waals surface area (Å²) in [4.78, 5) is 2.56. The van der Waals surface area contributed by atoms with Crippen molar-refractivity contribution in [1.82, 2.24) is 0 Å². The molecule has 0 atom stereocenters. The van der Waals surface area contributed by atoms with E-state index in [2.05, 4.69) is 44.2 Å². The van der Waals surface area contributed by atoms with Crippen LogP contribution in [0.1, 0.15) is 18.1 Å². The Morgan fingerprint density at radius 2 is 1.78 bits per heavy atom. The summed E-state index contributed by atoms with van der Waals surface area (Å²) in [5.41, 5.74) is 2.74. The largest absolute Gasteiger partial charge is 0.497 e. The van der Waals surface area contributed by atoms with Crippen molar-refractivity contribution in [2.75, 3.05) is 7.11 Å². The molecule has 2 aromatic rings. The first-order valence-corrected chi connectivity index (χ1v) is 6.96. The van der Waals surface area contributed by atoms with Gasteiger partial charge >= 0.3 is 0 Å². The number of methoxy groups -OCH3 is 1. The standard InChI is InChI=1S/C16H18OS/c1-4-13-5-10-16(12(2)11-13)18-15-8-6-14(17-3)7-9-15/h5-11H,4H2,1-3H3. The maximum Gasteiger partial charge on any atom is 0.118 e. The third-order valence-corrected chi connectivity index (χ3v) is 4.12. The lowest BCUT2D eigenvalue weighted by Crippen LogP contribution is -1.85. The maximum atomic E-state index is 5.16. The van der Waals surface area contributed by atoms with Crippen LogP contribution >= 0.6 is 11.8 Å². The summed E-state index contributed by atoms with van der Waals surface area (Å²) in [6.07, 6.45) is 1.09. The molecule has 0 unspecified atom stereocenters. The van der Waals surface area contributed by atoms with Crippen LogP contribution in [0.2, 0.25) is 0 Å². The molecule has 0 aliphatic rings. The second-order valence-corrected chi connectivity index (χ2v) is 5.35. The second kappa shape index (κ2) is 5.96. The van der Waals surface area contributed by atoms with E-state index < -0.39 is 0 Å². The van der Waals surface area contributed by atoms with E-state index in [4.69, 9.17) is 4.74 Å². The molecule has 2 rings (SSSR count). The number of rotatable bonds is 4. The normalized spacial score (nSPS) is 10.4. The number of aryl methyl sites for hydroxylation is 2. The SMILES string of the molecule is CCc1ccc(Sc2ccc(OC)cc2)c(C)c1. The lowest BCUT2D eigenvalue weighted by Gasteiger charge is -2.08. The summed E-state index contributed by atoms with van der Waals surface area (Å²) in [5, 5.41) is 0.